The van der Waals surface area contributed by atoms with Crippen LogP contribution < -0.4 is 5.32 Å². The molecule has 0 radical (unpaired) electrons. The Labute approximate surface area is 95.7 Å². The molecule has 0 atom stereocenters. The first-order valence-corrected chi connectivity index (χ1v) is 5.22. The molecule has 0 amide bonds. The van der Waals surface area contributed by atoms with E-state index in [0.717, 1.165) is 16.6 Å². The number of benzene rings is 1. The van der Waals surface area contributed by atoms with Gasteiger partial charge in [-0.15, -0.1) is 6.42 Å². The third-order valence-corrected chi connectivity index (χ3v) is 2.46. The molecule has 2 aromatic rings. The van der Waals surface area contributed by atoms with Crippen molar-refractivity contribution >= 4 is 16.6 Å². The molecule has 2 heteroatoms. The van der Waals surface area contributed by atoms with E-state index in [1.807, 2.05) is 44.2 Å². The summed E-state index contributed by atoms with van der Waals surface area (Å²) in [5.41, 5.74) is 1.64. The third-order valence-electron chi connectivity index (χ3n) is 2.46. The lowest BCUT2D eigenvalue weighted by atomic mass is 10.1. The molecule has 0 spiro atoms. The molecule has 2 nitrogen and oxygen atoms in total. The second-order valence-electron chi connectivity index (χ2n) is 4.27. The summed E-state index contributed by atoms with van der Waals surface area (Å²) in [6.07, 6.45) is 7.26. The minimum atomic E-state index is -0.357. The lowest BCUT2D eigenvalue weighted by Gasteiger charge is -2.22. The summed E-state index contributed by atoms with van der Waals surface area (Å²) in [5.74, 6) is 2.72. The van der Waals surface area contributed by atoms with Gasteiger partial charge in [0, 0.05) is 17.3 Å². The molecular formula is C14H14N2. The van der Waals surface area contributed by atoms with E-state index in [1.54, 1.807) is 6.20 Å². The molecule has 0 fully saturated rings. The van der Waals surface area contributed by atoms with Crippen LogP contribution in [0.1, 0.15) is 13.8 Å². The van der Waals surface area contributed by atoms with E-state index in [0.29, 0.717) is 0 Å². The molecule has 0 saturated heterocycles. The molecular weight excluding hydrogens is 196 g/mol. The van der Waals surface area contributed by atoms with Gasteiger partial charge in [-0.25, -0.2) is 0 Å². The summed E-state index contributed by atoms with van der Waals surface area (Å²) in [4.78, 5) is 4.31. The van der Waals surface area contributed by atoms with Crippen LogP contribution in [-0.4, -0.2) is 10.5 Å². The van der Waals surface area contributed by atoms with Crippen molar-refractivity contribution in [1.29, 1.82) is 0 Å². The number of pyridine rings is 1. The zero-order valence-corrected chi connectivity index (χ0v) is 9.49. The van der Waals surface area contributed by atoms with Crippen LogP contribution in [-0.2, 0) is 0 Å². The molecule has 0 saturated carbocycles. The fourth-order valence-electron chi connectivity index (χ4n) is 1.58. The Morgan fingerprint density at radius 1 is 1.25 bits per heavy atom. The molecule has 2 rings (SSSR count). The maximum atomic E-state index is 5.47. The SMILES string of the molecule is C#CC(C)(C)Nc1ccnc2ccccc12. The number of hydrogen-bond donors (Lipinski definition) is 1. The Hall–Kier alpha value is -2.01. The number of nitrogens with zero attached hydrogens (tertiary/aromatic N) is 1. The Morgan fingerprint density at radius 2 is 2.00 bits per heavy atom. The summed E-state index contributed by atoms with van der Waals surface area (Å²) in [6.45, 7) is 3.95. The number of para-hydroxylation sites is 1. The standard InChI is InChI=1S/C14H14N2/c1-4-14(2,3)16-13-9-10-15-12-8-6-5-7-11(12)13/h1,5-10H,2-3H3,(H,15,16). The number of fused-ring (bicyclic) bond motifs is 1. The minimum Gasteiger partial charge on any atom is -0.369 e. The lowest BCUT2D eigenvalue weighted by Crippen LogP contribution is -2.28. The van der Waals surface area contributed by atoms with Gasteiger partial charge in [-0.3, -0.25) is 4.98 Å². The first kappa shape index (κ1) is 10.5. The van der Waals surface area contributed by atoms with E-state index in [-0.39, 0.29) is 5.54 Å². The van der Waals surface area contributed by atoms with Crippen LogP contribution in [0.25, 0.3) is 10.9 Å². The van der Waals surface area contributed by atoms with E-state index in [1.165, 1.54) is 0 Å². The Morgan fingerprint density at radius 3 is 2.75 bits per heavy atom. The molecule has 0 aliphatic heterocycles. The number of nitrogens with one attached hydrogen (secondary N) is 1. The average molecular weight is 210 g/mol. The quantitative estimate of drug-likeness (QED) is 0.770. The normalized spacial score (nSPS) is 11.1. The molecule has 0 unspecified atom stereocenters. The second kappa shape index (κ2) is 3.86. The maximum absolute atomic E-state index is 5.47. The van der Waals surface area contributed by atoms with E-state index in [9.17, 15) is 0 Å². The van der Waals surface area contributed by atoms with Gasteiger partial charge >= 0.3 is 0 Å². The molecule has 0 aliphatic rings. The second-order valence-corrected chi connectivity index (χ2v) is 4.27. The number of terminal acetylenes is 1. The van der Waals surface area contributed by atoms with Gasteiger partial charge in [0.1, 0.15) is 0 Å². The summed E-state index contributed by atoms with van der Waals surface area (Å²) < 4.78 is 0. The zero-order valence-electron chi connectivity index (χ0n) is 9.49. The van der Waals surface area contributed by atoms with Gasteiger partial charge in [0.2, 0.25) is 0 Å². The highest BCUT2D eigenvalue weighted by atomic mass is 15.0. The third kappa shape index (κ3) is 1.99. The van der Waals surface area contributed by atoms with Gasteiger partial charge in [0.15, 0.2) is 0 Å². The van der Waals surface area contributed by atoms with E-state index in [4.69, 9.17) is 6.42 Å². The van der Waals surface area contributed by atoms with Crippen molar-refractivity contribution in [3.8, 4) is 12.3 Å². The fourth-order valence-corrected chi connectivity index (χ4v) is 1.58. The molecule has 0 aliphatic carbocycles. The van der Waals surface area contributed by atoms with Gasteiger partial charge < -0.3 is 5.32 Å². The van der Waals surface area contributed by atoms with Crippen molar-refractivity contribution in [3.63, 3.8) is 0 Å². The van der Waals surface area contributed by atoms with Crippen molar-refractivity contribution in [2.24, 2.45) is 0 Å². The molecule has 1 N–H and O–H groups in total. The van der Waals surface area contributed by atoms with Crippen molar-refractivity contribution < 1.29 is 0 Å². The summed E-state index contributed by atoms with van der Waals surface area (Å²) >= 11 is 0. The van der Waals surface area contributed by atoms with Crippen LogP contribution in [0.2, 0.25) is 0 Å². The smallest absolute Gasteiger partial charge is 0.0927 e. The van der Waals surface area contributed by atoms with E-state index >= 15 is 0 Å². The Bertz CT molecular complexity index is 545. The van der Waals surface area contributed by atoms with E-state index in [2.05, 4.69) is 16.2 Å². The van der Waals surface area contributed by atoms with Crippen LogP contribution in [0.5, 0.6) is 0 Å². The molecule has 0 bridgehead atoms. The fraction of sp³-hybridized carbons (Fsp3) is 0.214. The van der Waals surface area contributed by atoms with Crippen LogP contribution in [0.15, 0.2) is 36.5 Å². The first-order valence-electron chi connectivity index (χ1n) is 5.22. The van der Waals surface area contributed by atoms with Crippen LogP contribution >= 0.6 is 0 Å². The predicted octanol–water partition coefficient (Wildman–Crippen LogP) is 3.06. The monoisotopic (exact) mass is 210 g/mol. The van der Waals surface area contributed by atoms with Crippen LogP contribution in [0, 0.1) is 12.3 Å². The number of rotatable bonds is 2. The van der Waals surface area contributed by atoms with Gasteiger partial charge in [0.25, 0.3) is 0 Å². The van der Waals surface area contributed by atoms with Gasteiger partial charge in [-0.05, 0) is 26.0 Å². The summed E-state index contributed by atoms with van der Waals surface area (Å²) in [7, 11) is 0. The topological polar surface area (TPSA) is 24.9 Å². The minimum absolute atomic E-state index is 0.357. The largest absolute Gasteiger partial charge is 0.369 e. The van der Waals surface area contributed by atoms with Crippen molar-refractivity contribution in [2.45, 2.75) is 19.4 Å². The highest BCUT2D eigenvalue weighted by molar-refractivity contribution is 5.91. The highest BCUT2D eigenvalue weighted by Gasteiger charge is 2.14. The predicted molar refractivity (Wildman–Crippen MR) is 68.3 cm³/mol. The van der Waals surface area contributed by atoms with Gasteiger partial charge in [-0.1, -0.05) is 24.1 Å². The van der Waals surface area contributed by atoms with Gasteiger partial charge in [0.05, 0.1) is 11.1 Å². The van der Waals surface area contributed by atoms with E-state index < -0.39 is 0 Å². The summed E-state index contributed by atoms with van der Waals surface area (Å²) in [6, 6.07) is 9.95. The molecule has 16 heavy (non-hydrogen) atoms. The Kier molecular flexibility index (Phi) is 2.54. The highest BCUT2D eigenvalue weighted by Crippen LogP contribution is 2.23. The molecule has 1 aromatic heterocycles. The van der Waals surface area contributed by atoms with Crippen LogP contribution in [0.4, 0.5) is 5.69 Å². The van der Waals surface area contributed by atoms with Gasteiger partial charge in [-0.2, -0.15) is 0 Å². The Balaban J connectivity index is 2.50. The number of anilines is 1. The van der Waals surface area contributed by atoms with Crippen molar-refractivity contribution in [2.75, 3.05) is 5.32 Å². The molecule has 1 heterocycles. The number of hydrogen-bond acceptors (Lipinski definition) is 2. The average Bonchev–Trinajstić information content (AvgIpc) is 2.29. The van der Waals surface area contributed by atoms with Crippen LogP contribution in [0.3, 0.4) is 0 Å². The lowest BCUT2D eigenvalue weighted by molar-refractivity contribution is 0.743. The molecule has 1 aromatic carbocycles. The molecule has 80 valence electrons. The van der Waals surface area contributed by atoms with Crippen molar-refractivity contribution in [3.05, 3.63) is 36.5 Å². The summed E-state index contributed by atoms with van der Waals surface area (Å²) in [5, 5.41) is 4.43. The maximum Gasteiger partial charge on any atom is 0.0927 e. The zero-order chi connectivity index (χ0) is 11.6. The number of aromatic nitrogens is 1. The first-order chi connectivity index (χ1) is 7.62. The van der Waals surface area contributed by atoms with Crippen molar-refractivity contribution in [1.82, 2.24) is 4.98 Å².